The van der Waals surface area contributed by atoms with E-state index in [2.05, 4.69) is 0 Å². The zero-order valence-corrected chi connectivity index (χ0v) is 11.5. The van der Waals surface area contributed by atoms with Gasteiger partial charge in [0.05, 0.1) is 19.6 Å². The van der Waals surface area contributed by atoms with Crippen LogP contribution in [0.25, 0.3) is 0 Å². The SMILES string of the molecule is CCOC(=O)C[C@@H]1CCN(C(=O)OCC(C)C)C1. The van der Waals surface area contributed by atoms with Crippen molar-refractivity contribution < 1.29 is 19.1 Å². The average molecular weight is 257 g/mol. The fraction of sp³-hybridized carbons (Fsp3) is 0.846. The minimum absolute atomic E-state index is 0.181. The first kappa shape index (κ1) is 14.8. The van der Waals surface area contributed by atoms with Gasteiger partial charge in [0.15, 0.2) is 0 Å². The number of ether oxygens (including phenoxy) is 2. The number of rotatable bonds is 5. The molecule has 1 amide bonds. The van der Waals surface area contributed by atoms with Crippen LogP contribution >= 0.6 is 0 Å². The normalized spacial score (nSPS) is 19.1. The van der Waals surface area contributed by atoms with E-state index >= 15 is 0 Å². The monoisotopic (exact) mass is 257 g/mol. The van der Waals surface area contributed by atoms with Crippen molar-refractivity contribution in [3.8, 4) is 0 Å². The van der Waals surface area contributed by atoms with Crippen LogP contribution in [0.1, 0.15) is 33.6 Å². The number of likely N-dealkylation sites (tertiary alicyclic amines) is 1. The van der Waals surface area contributed by atoms with Crippen molar-refractivity contribution in [1.29, 1.82) is 0 Å². The van der Waals surface area contributed by atoms with Crippen LogP contribution in [0.4, 0.5) is 4.79 Å². The molecule has 0 aromatic heterocycles. The quantitative estimate of drug-likeness (QED) is 0.707. The highest BCUT2D eigenvalue weighted by Gasteiger charge is 2.29. The second-order valence-electron chi connectivity index (χ2n) is 5.08. The summed E-state index contributed by atoms with van der Waals surface area (Å²) in [6.45, 7) is 7.91. The van der Waals surface area contributed by atoms with Crippen molar-refractivity contribution in [3.05, 3.63) is 0 Å². The van der Waals surface area contributed by atoms with E-state index < -0.39 is 0 Å². The van der Waals surface area contributed by atoms with E-state index in [9.17, 15) is 9.59 Å². The van der Waals surface area contributed by atoms with Gasteiger partial charge in [0.2, 0.25) is 0 Å². The van der Waals surface area contributed by atoms with Crippen LogP contribution in [-0.4, -0.2) is 43.3 Å². The summed E-state index contributed by atoms with van der Waals surface area (Å²) < 4.78 is 10.1. The molecule has 0 bridgehead atoms. The number of hydrogen-bond acceptors (Lipinski definition) is 4. The maximum absolute atomic E-state index is 11.7. The molecule has 1 saturated heterocycles. The zero-order chi connectivity index (χ0) is 13.5. The maximum atomic E-state index is 11.7. The number of nitrogens with zero attached hydrogens (tertiary/aromatic N) is 1. The van der Waals surface area contributed by atoms with E-state index in [-0.39, 0.29) is 18.0 Å². The average Bonchev–Trinajstić information content (AvgIpc) is 2.74. The van der Waals surface area contributed by atoms with Gasteiger partial charge in [-0.25, -0.2) is 4.79 Å². The van der Waals surface area contributed by atoms with Crippen LogP contribution in [0.3, 0.4) is 0 Å². The molecular weight excluding hydrogens is 234 g/mol. The second kappa shape index (κ2) is 7.24. The van der Waals surface area contributed by atoms with E-state index in [0.717, 1.165) is 6.42 Å². The molecule has 18 heavy (non-hydrogen) atoms. The summed E-state index contributed by atoms with van der Waals surface area (Å²) in [6.07, 6.45) is 0.965. The Bertz CT molecular complexity index is 291. The van der Waals surface area contributed by atoms with Crippen molar-refractivity contribution in [1.82, 2.24) is 4.90 Å². The molecule has 0 saturated carbocycles. The van der Waals surface area contributed by atoms with Crippen molar-refractivity contribution >= 4 is 12.1 Å². The predicted molar refractivity (Wildman–Crippen MR) is 67.1 cm³/mol. The van der Waals surface area contributed by atoms with E-state index in [1.54, 1.807) is 11.8 Å². The Hall–Kier alpha value is -1.26. The van der Waals surface area contributed by atoms with Crippen LogP contribution in [0.15, 0.2) is 0 Å². The third-order valence-corrected chi connectivity index (χ3v) is 2.84. The summed E-state index contributed by atoms with van der Waals surface area (Å²) >= 11 is 0. The highest BCUT2D eigenvalue weighted by Crippen LogP contribution is 2.20. The van der Waals surface area contributed by atoms with Crippen molar-refractivity contribution in [2.45, 2.75) is 33.6 Å². The Kier molecular flexibility index (Phi) is 5.95. The molecule has 0 spiro atoms. The van der Waals surface area contributed by atoms with Gasteiger partial charge < -0.3 is 14.4 Å². The van der Waals surface area contributed by atoms with Gasteiger partial charge in [0, 0.05) is 13.1 Å². The van der Waals surface area contributed by atoms with Gasteiger partial charge in [-0.1, -0.05) is 13.8 Å². The molecule has 1 aliphatic rings. The molecule has 0 aliphatic carbocycles. The summed E-state index contributed by atoms with van der Waals surface area (Å²) in [5.74, 6) is 0.363. The Morgan fingerprint density at radius 3 is 2.67 bits per heavy atom. The molecular formula is C13H23NO4. The first-order valence-corrected chi connectivity index (χ1v) is 6.60. The Morgan fingerprint density at radius 2 is 2.06 bits per heavy atom. The lowest BCUT2D eigenvalue weighted by Gasteiger charge is -2.17. The lowest BCUT2D eigenvalue weighted by Crippen LogP contribution is -2.30. The molecule has 0 aromatic carbocycles. The van der Waals surface area contributed by atoms with Crippen molar-refractivity contribution in [3.63, 3.8) is 0 Å². The Labute approximate surface area is 108 Å². The van der Waals surface area contributed by atoms with Crippen LogP contribution in [0, 0.1) is 11.8 Å². The fourth-order valence-electron chi connectivity index (χ4n) is 1.95. The molecule has 1 heterocycles. The van der Waals surface area contributed by atoms with Crippen LogP contribution < -0.4 is 0 Å². The standard InChI is InChI=1S/C13H23NO4/c1-4-17-12(15)7-11-5-6-14(8-11)13(16)18-9-10(2)3/h10-11H,4-9H2,1-3H3/t11-/m0/s1. The van der Waals surface area contributed by atoms with Gasteiger partial charge in [-0.2, -0.15) is 0 Å². The molecule has 1 aliphatic heterocycles. The first-order valence-electron chi connectivity index (χ1n) is 6.60. The zero-order valence-electron chi connectivity index (χ0n) is 11.5. The van der Waals surface area contributed by atoms with Gasteiger partial charge in [-0.05, 0) is 25.2 Å². The summed E-state index contributed by atoms with van der Waals surface area (Å²) in [6, 6.07) is 0. The molecule has 104 valence electrons. The molecule has 0 radical (unpaired) electrons. The predicted octanol–water partition coefficient (Wildman–Crippen LogP) is 2.05. The Morgan fingerprint density at radius 1 is 1.33 bits per heavy atom. The van der Waals surface area contributed by atoms with Crippen molar-refractivity contribution in [2.24, 2.45) is 11.8 Å². The lowest BCUT2D eigenvalue weighted by molar-refractivity contribution is -0.144. The minimum Gasteiger partial charge on any atom is -0.466 e. The highest BCUT2D eigenvalue weighted by atomic mass is 16.6. The molecule has 5 heteroatoms. The second-order valence-corrected chi connectivity index (χ2v) is 5.08. The largest absolute Gasteiger partial charge is 0.466 e. The van der Waals surface area contributed by atoms with E-state index in [1.807, 2.05) is 13.8 Å². The van der Waals surface area contributed by atoms with Gasteiger partial charge in [0.1, 0.15) is 0 Å². The van der Waals surface area contributed by atoms with Crippen molar-refractivity contribution in [2.75, 3.05) is 26.3 Å². The smallest absolute Gasteiger partial charge is 0.409 e. The van der Waals surface area contributed by atoms with E-state index in [0.29, 0.717) is 38.6 Å². The topological polar surface area (TPSA) is 55.8 Å². The van der Waals surface area contributed by atoms with Gasteiger partial charge >= 0.3 is 12.1 Å². The number of carbonyl (C=O) groups is 2. The molecule has 1 atom stereocenters. The molecule has 0 N–H and O–H groups in total. The van der Waals surface area contributed by atoms with Gasteiger partial charge in [-0.3, -0.25) is 4.79 Å². The van der Waals surface area contributed by atoms with Crippen LogP contribution in [0.2, 0.25) is 0 Å². The van der Waals surface area contributed by atoms with E-state index in [1.165, 1.54) is 0 Å². The summed E-state index contributed by atoms with van der Waals surface area (Å²) in [5.41, 5.74) is 0. The molecule has 5 nitrogen and oxygen atoms in total. The third-order valence-electron chi connectivity index (χ3n) is 2.84. The number of hydrogen-bond donors (Lipinski definition) is 0. The summed E-state index contributed by atoms with van der Waals surface area (Å²) in [5, 5.41) is 0. The molecule has 1 rings (SSSR count). The fourth-order valence-corrected chi connectivity index (χ4v) is 1.95. The number of esters is 1. The minimum atomic E-state index is -0.268. The lowest BCUT2D eigenvalue weighted by atomic mass is 10.1. The number of carbonyl (C=O) groups excluding carboxylic acids is 2. The van der Waals surface area contributed by atoms with Crippen LogP contribution in [-0.2, 0) is 14.3 Å². The molecule has 0 aromatic rings. The maximum Gasteiger partial charge on any atom is 0.409 e. The number of amides is 1. The van der Waals surface area contributed by atoms with Gasteiger partial charge in [-0.15, -0.1) is 0 Å². The van der Waals surface area contributed by atoms with Gasteiger partial charge in [0.25, 0.3) is 0 Å². The third kappa shape index (κ3) is 4.94. The summed E-state index contributed by atoms with van der Waals surface area (Å²) in [7, 11) is 0. The Balaban J connectivity index is 2.27. The van der Waals surface area contributed by atoms with E-state index in [4.69, 9.17) is 9.47 Å². The highest BCUT2D eigenvalue weighted by molar-refractivity contribution is 5.71. The first-order chi connectivity index (χ1) is 8.52. The summed E-state index contributed by atoms with van der Waals surface area (Å²) in [4.78, 5) is 24.7. The molecule has 0 unspecified atom stereocenters. The van der Waals surface area contributed by atoms with Crippen LogP contribution in [0.5, 0.6) is 0 Å². The molecule has 1 fully saturated rings.